The zero-order chi connectivity index (χ0) is 28.6. The van der Waals surface area contributed by atoms with Gasteiger partial charge in [0.05, 0.1) is 30.7 Å². The first-order valence-electron chi connectivity index (χ1n) is 14.2. The number of aliphatic hydroxyl groups is 1. The maximum atomic E-state index is 13.3. The van der Waals surface area contributed by atoms with Gasteiger partial charge in [0.25, 0.3) is 0 Å². The van der Waals surface area contributed by atoms with E-state index < -0.39 is 0 Å². The molecule has 1 atom stereocenters. The standard InChI is InChI=1S/C32H38N4O4/c1-32(2)15-22(11-12-36(32)31(39)20-7-5-6-8-20)26-18-35(3)30-28(26)29(40-4)25(17-34-30)14-27(38)21-9-10-23(19-37)24(13-21)16-33/h9-10,13,17-18,20,22,37H,5-8,11-12,14-15,19H2,1-4H3/t22-/m0/s1. The third kappa shape index (κ3) is 4.99. The van der Waals surface area contributed by atoms with Crippen LogP contribution >= 0.6 is 0 Å². The SMILES string of the molecule is COc1c(CC(=O)c2ccc(CO)c(C#N)c2)cnc2c1c([C@H]1CCN(C(=O)C3CCCC3)C(C)(C)C1)cn2C. The number of aryl methyl sites for hydroxylation is 1. The Morgan fingerprint density at radius 1 is 1.20 bits per heavy atom. The van der Waals surface area contributed by atoms with Crippen molar-refractivity contribution in [1.82, 2.24) is 14.5 Å². The third-order valence-corrected chi connectivity index (χ3v) is 8.91. The van der Waals surface area contributed by atoms with Gasteiger partial charge in [-0.2, -0.15) is 5.26 Å². The van der Waals surface area contributed by atoms with Crippen molar-refractivity contribution in [2.45, 2.75) is 76.9 Å². The van der Waals surface area contributed by atoms with Crippen molar-refractivity contribution in [3.05, 3.63) is 58.4 Å². The average Bonchev–Trinajstić information content (AvgIpc) is 3.60. The highest BCUT2D eigenvalue weighted by atomic mass is 16.5. The number of amides is 1. The van der Waals surface area contributed by atoms with Crippen LogP contribution in [-0.4, -0.2) is 50.4 Å². The summed E-state index contributed by atoms with van der Waals surface area (Å²) in [7, 11) is 3.59. The van der Waals surface area contributed by atoms with Gasteiger partial charge >= 0.3 is 0 Å². The summed E-state index contributed by atoms with van der Waals surface area (Å²) in [5.41, 5.74) is 3.54. The first-order valence-corrected chi connectivity index (χ1v) is 14.2. The molecule has 8 heteroatoms. The fourth-order valence-electron chi connectivity index (χ4n) is 6.79. The molecule has 1 N–H and O–H groups in total. The van der Waals surface area contributed by atoms with Crippen LogP contribution in [0.2, 0.25) is 0 Å². The van der Waals surface area contributed by atoms with E-state index in [-0.39, 0.29) is 36.2 Å². The van der Waals surface area contributed by atoms with Crippen LogP contribution < -0.4 is 4.74 Å². The maximum Gasteiger partial charge on any atom is 0.226 e. The highest BCUT2D eigenvalue weighted by Gasteiger charge is 2.41. The molecule has 3 heterocycles. The van der Waals surface area contributed by atoms with E-state index in [4.69, 9.17) is 9.72 Å². The van der Waals surface area contributed by atoms with Gasteiger partial charge in [0, 0.05) is 55.0 Å². The van der Waals surface area contributed by atoms with Crippen LogP contribution in [-0.2, 0) is 24.9 Å². The molecule has 0 unspecified atom stereocenters. The number of hydrogen-bond donors (Lipinski definition) is 1. The topological polar surface area (TPSA) is 108 Å². The Hall–Kier alpha value is -3.70. The summed E-state index contributed by atoms with van der Waals surface area (Å²) in [6.07, 6.45) is 9.90. The van der Waals surface area contributed by atoms with Gasteiger partial charge in [-0.25, -0.2) is 4.98 Å². The molecular weight excluding hydrogens is 504 g/mol. The van der Waals surface area contributed by atoms with Crippen LogP contribution in [0.3, 0.4) is 0 Å². The number of methoxy groups -OCH3 is 1. The summed E-state index contributed by atoms with van der Waals surface area (Å²) < 4.78 is 7.95. The molecule has 1 amide bonds. The van der Waals surface area contributed by atoms with E-state index in [2.05, 4.69) is 31.0 Å². The van der Waals surface area contributed by atoms with Crippen LogP contribution in [0, 0.1) is 17.2 Å². The first-order chi connectivity index (χ1) is 19.2. The smallest absolute Gasteiger partial charge is 0.226 e. The number of carbonyl (C=O) groups is 2. The summed E-state index contributed by atoms with van der Waals surface area (Å²) in [5.74, 6) is 1.19. The molecule has 2 aliphatic rings. The second-order valence-electron chi connectivity index (χ2n) is 11.9. The van der Waals surface area contributed by atoms with E-state index in [1.807, 2.05) is 11.6 Å². The predicted molar refractivity (Wildman–Crippen MR) is 152 cm³/mol. The molecule has 1 aromatic carbocycles. The number of fused-ring (bicyclic) bond motifs is 1. The Labute approximate surface area is 235 Å². The number of ketones is 1. The molecule has 1 aliphatic heterocycles. The van der Waals surface area contributed by atoms with Crippen molar-refractivity contribution in [2.24, 2.45) is 13.0 Å². The number of Topliss-reactive ketones (excluding diaryl/α,β-unsaturated/α-hetero) is 1. The molecule has 0 bridgehead atoms. The fraction of sp³-hybridized carbons (Fsp3) is 0.500. The van der Waals surface area contributed by atoms with E-state index in [9.17, 15) is 20.0 Å². The Morgan fingerprint density at radius 2 is 1.95 bits per heavy atom. The molecule has 2 fully saturated rings. The molecule has 210 valence electrons. The Bertz CT molecular complexity index is 1490. The Kier molecular flexibility index (Phi) is 7.70. The lowest BCUT2D eigenvalue weighted by atomic mass is 9.78. The summed E-state index contributed by atoms with van der Waals surface area (Å²) >= 11 is 0. The van der Waals surface area contributed by atoms with Gasteiger partial charge in [-0.3, -0.25) is 9.59 Å². The molecule has 1 saturated heterocycles. The number of hydrogen-bond acceptors (Lipinski definition) is 6. The van der Waals surface area contributed by atoms with E-state index in [1.54, 1.807) is 25.4 Å². The van der Waals surface area contributed by atoms with Gasteiger partial charge in [0.1, 0.15) is 11.4 Å². The number of nitriles is 1. The number of benzene rings is 1. The zero-order valence-electron chi connectivity index (χ0n) is 23.9. The lowest BCUT2D eigenvalue weighted by Crippen LogP contribution is -2.53. The van der Waals surface area contributed by atoms with Gasteiger partial charge in [-0.15, -0.1) is 0 Å². The number of piperidine rings is 1. The van der Waals surface area contributed by atoms with Crippen LogP contribution in [0.5, 0.6) is 5.75 Å². The number of nitrogens with zero attached hydrogens (tertiary/aromatic N) is 4. The zero-order valence-corrected chi connectivity index (χ0v) is 23.9. The largest absolute Gasteiger partial charge is 0.496 e. The van der Waals surface area contributed by atoms with Crippen LogP contribution in [0.1, 0.15) is 90.9 Å². The van der Waals surface area contributed by atoms with Crippen LogP contribution in [0.25, 0.3) is 11.0 Å². The number of carbonyl (C=O) groups excluding carboxylic acids is 2. The van der Waals surface area contributed by atoms with Gasteiger partial charge in [-0.1, -0.05) is 25.0 Å². The predicted octanol–water partition coefficient (Wildman–Crippen LogP) is 5.05. The Balaban J connectivity index is 1.45. The number of rotatable bonds is 7. The lowest BCUT2D eigenvalue weighted by molar-refractivity contribution is -0.143. The van der Waals surface area contributed by atoms with Crippen LogP contribution in [0.4, 0.5) is 0 Å². The normalized spacial score (nSPS) is 19.1. The molecule has 0 spiro atoms. The van der Waals surface area contributed by atoms with Crippen molar-refractivity contribution in [3.8, 4) is 11.8 Å². The van der Waals surface area contributed by atoms with E-state index in [0.717, 1.165) is 61.7 Å². The summed E-state index contributed by atoms with van der Waals surface area (Å²) in [6.45, 7) is 4.82. The number of pyridine rings is 1. The molecule has 1 aliphatic carbocycles. The minimum Gasteiger partial charge on any atom is -0.496 e. The summed E-state index contributed by atoms with van der Waals surface area (Å²) in [5, 5.41) is 19.8. The molecule has 5 rings (SSSR count). The van der Waals surface area contributed by atoms with Gasteiger partial charge in [-0.05, 0) is 62.6 Å². The quantitative estimate of drug-likeness (QED) is 0.419. The molecule has 3 aromatic rings. The van der Waals surface area contributed by atoms with Crippen molar-refractivity contribution in [2.75, 3.05) is 13.7 Å². The average molecular weight is 543 g/mol. The molecule has 8 nitrogen and oxygen atoms in total. The molecule has 2 aromatic heterocycles. The second-order valence-corrected chi connectivity index (χ2v) is 11.9. The summed E-state index contributed by atoms with van der Waals surface area (Å²) in [4.78, 5) is 33.5. The number of ether oxygens (including phenoxy) is 1. The minimum atomic E-state index is -0.266. The van der Waals surface area contributed by atoms with Gasteiger partial charge in [0.15, 0.2) is 5.78 Å². The maximum absolute atomic E-state index is 13.3. The van der Waals surface area contributed by atoms with E-state index in [1.165, 1.54) is 6.07 Å². The molecule has 0 radical (unpaired) electrons. The van der Waals surface area contributed by atoms with E-state index in [0.29, 0.717) is 33.9 Å². The van der Waals surface area contributed by atoms with Crippen LogP contribution in [0.15, 0.2) is 30.6 Å². The van der Waals surface area contributed by atoms with Crippen molar-refractivity contribution < 1.29 is 19.4 Å². The van der Waals surface area contributed by atoms with Crippen molar-refractivity contribution in [3.63, 3.8) is 0 Å². The minimum absolute atomic E-state index is 0.0730. The highest BCUT2D eigenvalue weighted by molar-refractivity contribution is 5.99. The third-order valence-electron chi connectivity index (χ3n) is 8.91. The second kappa shape index (κ2) is 11.1. The van der Waals surface area contributed by atoms with Crippen molar-refractivity contribution >= 4 is 22.7 Å². The number of likely N-dealkylation sites (tertiary alicyclic amines) is 1. The van der Waals surface area contributed by atoms with Crippen molar-refractivity contribution in [1.29, 1.82) is 5.26 Å². The summed E-state index contributed by atoms with van der Waals surface area (Å²) in [6, 6.07) is 6.84. The molecular formula is C32H38N4O4. The van der Waals surface area contributed by atoms with E-state index >= 15 is 0 Å². The monoisotopic (exact) mass is 542 g/mol. The van der Waals surface area contributed by atoms with Gasteiger partial charge in [0.2, 0.25) is 5.91 Å². The highest BCUT2D eigenvalue weighted by Crippen LogP contribution is 2.44. The Morgan fingerprint density at radius 3 is 2.60 bits per heavy atom. The number of aliphatic hydroxyl groups excluding tert-OH is 1. The fourth-order valence-corrected chi connectivity index (χ4v) is 6.79. The first kappa shape index (κ1) is 27.9. The number of aromatic nitrogens is 2. The van der Waals surface area contributed by atoms with Gasteiger partial charge < -0.3 is 19.3 Å². The molecule has 1 saturated carbocycles. The lowest BCUT2D eigenvalue weighted by Gasteiger charge is -2.46. The molecule has 40 heavy (non-hydrogen) atoms.